The largest absolute Gasteiger partial charge is 0.340 e. The molecule has 0 aliphatic rings. The molecule has 100 valence electrons. The second-order valence-electron chi connectivity index (χ2n) is 4.24. The molecule has 0 bridgehead atoms. The van der Waals surface area contributed by atoms with Crippen LogP contribution in [-0.2, 0) is 0 Å². The molecule has 0 fully saturated rings. The third-order valence-corrected chi connectivity index (χ3v) is 3.11. The molecule has 2 heterocycles. The Labute approximate surface area is 124 Å². The molecule has 2 aromatic heterocycles. The highest BCUT2D eigenvalue weighted by Crippen LogP contribution is 2.20. The van der Waals surface area contributed by atoms with Crippen LogP contribution in [0.25, 0.3) is 0 Å². The Kier molecular flexibility index (Phi) is 4.21. The third-order valence-electron chi connectivity index (χ3n) is 2.48. The van der Waals surface area contributed by atoms with Gasteiger partial charge >= 0.3 is 0 Å². The van der Waals surface area contributed by atoms with Crippen molar-refractivity contribution in [2.24, 2.45) is 0 Å². The summed E-state index contributed by atoms with van der Waals surface area (Å²) < 4.78 is 2.73. The SMILES string of the molecule is CC(C)n1cc(Br)cc1C(=O)Nc1ccc(Cl)nn1. The predicted octanol–water partition coefficient (Wildman–Crippen LogP) is 3.53. The molecule has 7 heteroatoms. The second-order valence-corrected chi connectivity index (χ2v) is 5.54. The van der Waals surface area contributed by atoms with Crippen molar-refractivity contribution in [2.75, 3.05) is 5.32 Å². The molecule has 0 unspecified atom stereocenters. The van der Waals surface area contributed by atoms with Gasteiger partial charge in [0, 0.05) is 16.7 Å². The Bertz CT molecular complexity index is 594. The molecule has 0 saturated carbocycles. The number of nitrogens with zero attached hydrogens (tertiary/aromatic N) is 3. The summed E-state index contributed by atoms with van der Waals surface area (Å²) >= 11 is 9.01. The van der Waals surface area contributed by atoms with E-state index in [1.165, 1.54) is 0 Å². The van der Waals surface area contributed by atoms with Crippen LogP contribution in [0.3, 0.4) is 0 Å². The molecule has 0 aliphatic carbocycles. The van der Waals surface area contributed by atoms with Gasteiger partial charge in [0.1, 0.15) is 5.69 Å². The van der Waals surface area contributed by atoms with Crippen LogP contribution in [0.2, 0.25) is 5.15 Å². The molecular formula is C12H12BrClN4O. The van der Waals surface area contributed by atoms with Gasteiger partial charge in [0.2, 0.25) is 0 Å². The van der Waals surface area contributed by atoms with Crippen LogP contribution in [0.1, 0.15) is 30.4 Å². The van der Waals surface area contributed by atoms with Gasteiger partial charge in [-0.2, -0.15) is 0 Å². The third kappa shape index (κ3) is 3.33. The minimum Gasteiger partial charge on any atom is -0.340 e. The maximum absolute atomic E-state index is 12.2. The predicted molar refractivity (Wildman–Crippen MR) is 77.5 cm³/mol. The van der Waals surface area contributed by atoms with Crippen LogP contribution in [-0.4, -0.2) is 20.7 Å². The van der Waals surface area contributed by atoms with Crippen LogP contribution in [0.15, 0.2) is 28.9 Å². The van der Waals surface area contributed by atoms with Crippen LogP contribution < -0.4 is 5.32 Å². The maximum Gasteiger partial charge on any atom is 0.273 e. The van der Waals surface area contributed by atoms with E-state index >= 15 is 0 Å². The highest BCUT2D eigenvalue weighted by molar-refractivity contribution is 9.10. The molecule has 0 aliphatic heterocycles. The highest BCUT2D eigenvalue weighted by atomic mass is 79.9. The Morgan fingerprint density at radius 3 is 2.74 bits per heavy atom. The Morgan fingerprint density at radius 1 is 1.42 bits per heavy atom. The van der Waals surface area contributed by atoms with Crippen molar-refractivity contribution < 1.29 is 4.79 Å². The number of halogens is 2. The molecular weight excluding hydrogens is 332 g/mol. The average molecular weight is 344 g/mol. The first-order valence-corrected chi connectivity index (χ1v) is 6.82. The van der Waals surface area contributed by atoms with Crippen molar-refractivity contribution in [3.8, 4) is 0 Å². The van der Waals surface area contributed by atoms with Gasteiger partial charge in [-0.15, -0.1) is 10.2 Å². The van der Waals surface area contributed by atoms with Gasteiger partial charge in [-0.3, -0.25) is 4.79 Å². The van der Waals surface area contributed by atoms with Gasteiger partial charge in [0.05, 0.1) is 0 Å². The van der Waals surface area contributed by atoms with Gasteiger partial charge in [0.15, 0.2) is 11.0 Å². The number of hydrogen-bond acceptors (Lipinski definition) is 3. The van der Waals surface area contributed by atoms with Crippen molar-refractivity contribution in [3.63, 3.8) is 0 Å². The fourth-order valence-electron chi connectivity index (χ4n) is 1.62. The summed E-state index contributed by atoms with van der Waals surface area (Å²) in [5, 5.41) is 10.4. The number of amides is 1. The number of carbonyl (C=O) groups is 1. The van der Waals surface area contributed by atoms with E-state index in [1.54, 1.807) is 18.2 Å². The maximum atomic E-state index is 12.2. The van der Waals surface area contributed by atoms with Crippen LogP contribution >= 0.6 is 27.5 Å². The van der Waals surface area contributed by atoms with Crippen molar-refractivity contribution in [1.82, 2.24) is 14.8 Å². The summed E-state index contributed by atoms with van der Waals surface area (Å²) in [4.78, 5) is 12.2. The quantitative estimate of drug-likeness (QED) is 0.927. The molecule has 0 radical (unpaired) electrons. The summed E-state index contributed by atoms with van der Waals surface area (Å²) in [6.07, 6.45) is 1.87. The number of anilines is 1. The van der Waals surface area contributed by atoms with Crippen molar-refractivity contribution >= 4 is 39.3 Å². The normalized spacial score (nSPS) is 10.8. The lowest BCUT2D eigenvalue weighted by Crippen LogP contribution is -2.18. The fraction of sp³-hybridized carbons (Fsp3) is 0.250. The van der Waals surface area contributed by atoms with E-state index in [1.807, 2.05) is 24.6 Å². The number of nitrogens with one attached hydrogen (secondary N) is 1. The van der Waals surface area contributed by atoms with Crippen LogP contribution in [0.4, 0.5) is 5.82 Å². The van der Waals surface area contributed by atoms with E-state index in [0.29, 0.717) is 11.5 Å². The zero-order valence-electron chi connectivity index (χ0n) is 10.4. The van der Waals surface area contributed by atoms with Gasteiger partial charge in [0.25, 0.3) is 5.91 Å². The fourth-order valence-corrected chi connectivity index (χ4v) is 2.16. The molecule has 0 spiro atoms. The minimum atomic E-state index is -0.240. The molecule has 19 heavy (non-hydrogen) atoms. The molecule has 2 aromatic rings. The van der Waals surface area contributed by atoms with Crippen molar-refractivity contribution in [3.05, 3.63) is 39.7 Å². The molecule has 0 atom stereocenters. The summed E-state index contributed by atoms with van der Waals surface area (Å²) in [6.45, 7) is 4.01. The van der Waals surface area contributed by atoms with E-state index in [9.17, 15) is 4.79 Å². The lowest BCUT2D eigenvalue weighted by Gasteiger charge is -2.12. The number of aromatic nitrogens is 3. The monoisotopic (exact) mass is 342 g/mol. The average Bonchev–Trinajstić information content (AvgIpc) is 2.74. The first-order chi connectivity index (χ1) is 8.97. The summed E-state index contributed by atoms with van der Waals surface area (Å²) in [5.41, 5.74) is 0.554. The van der Waals surface area contributed by atoms with Crippen molar-refractivity contribution in [1.29, 1.82) is 0 Å². The first kappa shape index (κ1) is 14.0. The molecule has 1 amide bonds. The van der Waals surface area contributed by atoms with E-state index < -0.39 is 0 Å². The molecule has 2 rings (SSSR count). The van der Waals surface area contributed by atoms with Crippen molar-refractivity contribution in [2.45, 2.75) is 19.9 Å². The van der Waals surface area contributed by atoms with E-state index in [2.05, 4.69) is 31.4 Å². The van der Waals surface area contributed by atoms with Crippen LogP contribution in [0, 0.1) is 0 Å². The topological polar surface area (TPSA) is 59.8 Å². The Hall–Kier alpha value is -1.40. The lowest BCUT2D eigenvalue weighted by atomic mass is 10.3. The Balaban J connectivity index is 2.22. The zero-order valence-corrected chi connectivity index (χ0v) is 12.7. The van der Waals surface area contributed by atoms with E-state index in [4.69, 9.17) is 11.6 Å². The van der Waals surface area contributed by atoms with E-state index in [-0.39, 0.29) is 17.1 Å². The molecule has 5 nitrogen and oxygen atoms in total. The number of hydrogen-bond donors (Lipinski definition) is 1. The van der Waals surface area contributed by atoms with Gasteiger partial charge in [-0.1, -0.05) is 11.6 Å². The Morgan fingerprint density at radius 2 is 2.16 bits per heavy atom. The summed E-state index contributed by atoms with van der Waals surface area (Å²) in [7, 11) is 0. The minimum absolute atomic E-state index is 0.184. The number of carbonyl (C=O) groups excluding carboxylic acids is 1. The molecule has 0 aromatic carbocycles. The van der Waals surface area contributed by atoms with Gasteiger partial charge < -0.3 is 9.88 Å². The van der Waals surface area contributed by atoms with Gasteiger partial charge in [-0.05, 0) is 48.0 Å². The summed E-state index contributed by atoms with van der Waals surface area (Å²) in [5.74, 6) is 0.123. The van der Waals surface area contributed by atoms with Crippen LogP contribution in [0.5, 0.6) is 0 Å². The standard InChI is InChI=1S/C12H12BrClN4O/c1-7(2)18-6-8(13)5-9(18)12(19)15-11-4-3-10(14)16-17-11/h3-7H,1-2H3,(H,15,17,19). The molecule has 0 saturated heterocycles. The van der Waals surface area contributed by atoms with Gasteiger partial charge in [-0.25, -0.2) is 0 Å². The smallest absolute Gasteiger partial charge is 0.273 e. The second kappa shape index (κ2) is 5.71. The lowest BCUT2D eigenvalue weighted by molar-refractivity contribution is 0.101. The summed E-state index contributed by atoms with van der Waals surface area (Å²) in [6, 6.07) is 5.12. The number of rotatable bonds is 3. The van der Waals surface area contributed by atoms with E-state index in [0.717, 1.165) is 4.47 Å². The zero-order chi connectivity index (χ0) is 14.0. The highest BCUT2D eigenvalue weighted by Gasteiger charge is 2.15. The molecule has 1 N–H and O–H groups in total. The first-order valence-electron chi connectivity index (χ1n) is 5.65.